The lowest BCUT2D eigenvalue weighted by molar-refractivity contribution is -0.137. The van der Waals surface area contributed by atoms with Gasteiger partial charge in [-0.2, -0.15) is 18.3 Å². The largest absolute Gasteiger partial charge is 0.417 e. The van der Waals surface area contributed by atoms with E-state index in [0.29, 0.717) is 17.3 Å². The molecule has 4 aromatic rings. The Morgan fingerprint density at radius 2 is 1.82 bits per heavy atom. The quantitative estimate of drug-likeness (QED) is 0.401. The summed E-state index contributed by atoms with van der Waals surface area (Å²) in [7, 11) is 2.02. The number of likely N-dealkylation sites (tertiary alicyclic amines) is 1. The smallest absolute Gasteiger partial charge is 0.323 e. The zero-order chi connectivity index (χ0) is 23.0. The number of piperidine rings is 1. The number of hydrogen-bond donors (Lipinski definition) is 2. The van der Waals surface area contributed by atoms with Crippen molar-refractivity contribution in [1.29, 1.82) is 0 Å². The van der Waals surface area contributed by atoms with Crippen molar-refractivity contribution in [3.63, 3.8) is 0 Å². The third-order valence-electron chi connectivity index (χ3n) is 6.05. The van der Waals surface area contributed by atoms with E-state index in [4.69, 9.17) is 0 Å². The second kappa shape index (κ2) is 8.47. The number of halogens is 3. The molecule has 0 radical (unpaired) electrons. The van der Waals surface area contributed by atoms with E-state index in [0.717, 1.165) is 42.8 Å². The molecule has 0 bridgehead atoms. The molecule has 1 atom stereocenters. The Kier molecular flexibility index (Phi) is 5.49. The fourth-order valence-corrected chi connectivity index (χ4v) is 4.38. The Hall–Kier alpha value is -3.46. The second-order valence-corrected chi connectivity index (χ2v) is 8.28. The van der Waals surface area contributed by atoms with E-state index in [1.165, 1.54) is 12.1 Å². The first-order valence-corrected chi connectivity index (χ1v) is 10.9. The first kappa shape index (κ1) is 21.4. The summed E-state index contributed by atoms with van der Waals surface area (Å²) in [4.78, 5) is 11.3. The van der Waals surface area contributed by atoms with Gasteiger partial charge in [-0.15, -0.1) is 0 Å². The lowest BCUT2D eigenvalue weighted by atomic mass is 9.99. The van der Waals surface area contributed by atoms with Crippen LogP contribution < -0.4 is 5.32 Å². The fourth-order valence-electron chi connectivity index (χ4n) is 4.38. The standard InChI is InChI=1S/C24H23F3N6/c1-33-13-7-6-12-20(33)19-14-21(30-23-16-9-3-5-11-18(16)31-32-23)29-22(28-19)15-8-2-4-10-17(15)24(25,26)27/h2-5,8-11,14,20H,6-7,12-13H2,1H3,(H2,28,29,30,31,32). The molecule has 5 rings (SSSR count). The Bertz CT molecular complexity index is 1280. The molecular formula is C24H23F3N6. The molecule has 1 unspecified atom stereocenters. The number of nitrogens with zero attached hydrogens (tertiary/aromatic N) is 4. The number of hydrogen-bond acceptors (Lipinski definition) is 5. The van der Waals surface area contributed by atoms with Gasteiger partial charge in [-0.1, -0.05) is 36.8 Å². The average Bonchev–Trinajstić information content (AvgIpc) is 3.21. The molecule has 2 aromatic carbocycles. The van der Waals surface area contributed by atoms with Crippen LogP contribution in [0.1, 0.15) is 36.6 Å². The normalized spacial score (nSPS) is 17.4. The molecule has 3 heterocycles. The van der Waals surface area contributed by atoms with Crippen molar-refractivity contribution < 1.29 is 13.2 Å². The molecule has 0 saturated carbocycles. The molecule has 9 heteroatoms. The maximum Gasteiger partial charge on any atom is 0.417 e. The molecule has 2 aromatic heterocycles. The predicted molar refractivity (Wildman–Crippen MR) is 121 cm³/mol. The lowest BCUT2D eigenvalue weighted by Gasteiger charge is -2.32. The van der Waals surface area contributed by atoms with Crippen LogP contribution in [0.5, 0.6) is 0 Å². The zero-order valence-corrected chi connectivity index (χ0v) is 18.0. The Morgan fingerprint density at radius 3 is 2.64 bits per heavy atom. The number of nitrogens with one attached hydrogen (secondary N) is 2. The molecular weight excluding hydrogens is 429 g/mol. The summed E-state index contributed by atoms with van der Waals surface area (Å²) < 4.78 is 41.2. The highest BCUT2D eigenvalue weighted by molar-refractivity contribution is 5.91. The summed E-state index contributed by atoms with van der Waals surface area (Å²) in [6, 6.07) is 14.9. The summed E-state index contributed by atoms with van der Waals surface area (Å²) in [5.41, 5.74) is 0.751. The number of benzene rings is 2. The van der Waals surface area contributed by atoms with Crippen LogP contribution in [0.15, 0.2) is 54.6 Å². The summed E-state index contributed by atoms with van der Waals surface area (Å²) in [5.74, 6) is 1.01. The van der Waals surface area contributed by atoms with Crippen LogP contribution >= 0.6 is 0 Å². The van der Waals surface area contributed by atoms with E-state index in [2.05, 4.69) is 30.4 Å². The van der Waals surface area contributed by atoms with Crippen LogP contribution in [-0.2, 0) is 6.18 Å². The number of rotatable bonds is 4. The van der Waals surface area contributed by atoms with Crippen molar-refractivity contribution in [2.45, 2.75) is 31.5 Å². The number of para-hydroxylation sites is 1. The zero-order valence-electron chi connectivity index (χ0n) is 18.0. The molecule has 0 amide bonds. The SMILES string of the molecule is CN1CCCCC1c1cc(Nc2n[nH]c3ccccc23)nc(-c2ccccc2C(F)(F)F)n1. The summed E-state index contributed by atoms with van der Waals surface area (Å²) in [5, 5.41) is 11.3. The molecule has 170 valence electrons. The first-order valence-electron chi connectivity index (χ1n) is 10.9. The van der Waals surface area contributed by atoms with Crippen LogP contribution in [0.2, 0.25) is 0 Å². The predicted octanol–water partition coefficient (Wildman–Crippen LogP) is 5.94. The van der Waals surface area contributed by atoms with E-state index >= 15 is 0 Å². The van der Waals surface area contributed by atoms with E-state index in [1.54, 1.807) is 6.07 Å². The average molecular weight is 452 g/mol. The van der Waals surface area contributed by atoms with Crippen molar-refractivity contribution in [2.24, 2.45) is 0 Å². The van der Waals surface area contributed by atoms with Crippen LogP contribution in [0.25, 0.3) is 22.3 Å². The van der Waals surface area contributed by atoms with Gasteiger partial charge in [0, 0.05) is 17.0 Å². The van der Waals surface area contributed by atoms with Gasteiger partial charge in [0.2, 0.25) is 0 Å². The molecule has 1 aliphatic rings. The van der Waals surface area contributed by atoms with Crippen LogP contribution in [0.3, 0.4) is 0 Å². The molecule has 1 saturated heterocycles. The second-order valence-electron chi connectivity index (χ2n) is 8.28. The maximum atomic E-state index is 13.7. The number of fused-ring (bicyclic) bond motifs is 1. The molecule has 0 aliphatic carbocycles. The van der Waals surface area contributed by atoms with E-state index < -0.39 is 11.7 Å². The minimum atomic E-state index is -4.51. The summed E-state index contributed by atoms with van der Waals surface area (Å²) >= 11 is 0. The molecule has 2 N–H and O–H groups in total. The summed E-state index contributed by atoms with van der Waals surface area (Å²) in [6.45, 7) is 0.913. The van der Waals surface area contributed by atoms with Gasteiger partial charge in [-0.05, 0) is 44.6 Å². The molecule has 1 fully saturated rings. The van der Waals surface area contributed by atoms with Gasteiger partial charge >= 0.3 is 6.18 Å². The minimum absolute atomic E-state index is 0.00928. The molecule has 1 aliphatic heterocycles. The van der Waals surface area contributed by atoms with Gasteiger partial charge in [0.25, 0.3) is 0 Å². The molecule has 6 nitrogen and oxygen atoms in total. The number of aromatic amines is 1. The van der Waals surface area contributed by atoms with Crippen LogP contribution in [-0.4, -0.2) is 38.7 Å². The molecule has 0 spiro atoms. The number of aromatic nitrogens is 4. The van der Waals surface area contributed by atoms with Gasteiger partial charge in [0.15, 0.2) is 11.6 Å². The van der Waals surface area contributed by atoms with Crippen molar-refractivity contribution >= 4 is 22.5 Å². The lowest BCUT2D eigenvalue weighted by Crippen LogP contribution is -2.30. The first-order chi connectivity index (χ1) is 15.9. The van der Waals surface area contributed by atoms with Gasteiger partial charge < -0.3 is 5.32 Å². The Morgan fingerprint density at radius 1 is 1.03 bits per heavy atom. The van der Waals surface area contributed by atoms with E-state index in [1.807, 2.05) is 37.4 Å². The van der Waals surface area contributed by atoms with Crippen molar-refractivity contribution in [3.05, 3.63) is 65.9 Å². The van der Waals surface area contributed by atoms with Crippen molar-refractivity contribution in [3.8, 4) is 11.4 Å². The van der Waals surface area contributed by atoms with Gasteiger partial charge in [-0.3, -0.25) is 10.00 Å². The third-order valence-corrected chi connectivity index (χ3v) is 6.05. The van der Waals surface area contributed by atoms with Crippen LogP contribution in [0.4, 0.5) is 24.8 Å². The maximum absolute atomic E-state index is 13.7. The number of alkyl halides is 3. The highest BCUT2D eigenvalue weighted by Crippen LogP contribution is 2.38. The number of anilines is 2. The van der Waals surface area contributed by atoms with Gasteiger partial charge in [0.05, 0.1) is 22.8 Å². The Balaban J connectivity index is 1.63. The van der Waals surface area contributed by atoms with E-state index in [-0.39, 0.29) is 17.4 Å². The minimum Gasteiger partial charge on any atom is -0.323 e. The van der Waals surface area contributed by atoms with E-state index in [9.17, 15) is 13.2 Å². The summed E-state index contributed by atoms with van der Waals surface area (Å²) in [6.07, 6.45) is -1.49. The van der Waals surface area contributed by atoms with Gasteiger partial charge in [0.1, 0.15) is 5.82 Å². The number of H-pyrrole nitrogens is 1. The third kappa shape index (κ3) is 4.28. The van der Waals surface area contributed by atoms with Crippen molar-refractivity contribution in [2.75, 3.05) is 18.9 Å². The van der Waals surface area contributed by atoms with Crippen molar-refractivity contribution in [1.82, 2.24) is 25.1 Å². The topological polar surface area (TPSA) is 69.7 Å². The monoisotopic (exact) mass is 452 g/mol. The highest BCUT2D eigenvalue weighted by atomic mass is 19.4. The van der Waals surface area contributed by atoms with Crippen LogP contribution in [0, 0.1) is 0 Å². The fraction of sp³-hybridized carbons (Fsp3) is 0.292. The molecule has 33 heavy (non-hydrogen) atoms. The highest BCUT2D eigenvalue weighted by Gasteiger charge is 2.34. The Labute approximate surface area is 188 Å². The van der Waals surface area contributed by atoms with Gasteiger partial charge in [-0.25, -0.2) is 9.97 Å².